The van der Waals surface area contributed by atoms with Gasteiger partial charge in [-0.25, -0.2) is 0 Å². The molecule has 6 heteroatoms. The second-order valence-corrected chi connectivity index (χ2v) is 5.25. The van der Waals surface area contributed by atoms with E-state index in [-0.39, 0.29) is 5.91 Å². The smallest absolute Gasteiger partial charge is 0.275 e. The number of aromatic nitrogens is 2. The number of H-pyrrole nitrogens is 1. The molecule has 0 atom stereocenters. The van der Waals surface area contributed by atoms with E-state index in [9.17, 15) is 4.79 Å². The van der Waals surface area contributed by atoms with Crippen molar-refractivity contribution in [2.24, 2.45) is 0 Å². The van der Waals surface area contributed by atoms with E-state index in [4.69, 9.17) is 9.47 Å². The summed E-state index contributed by atoms with van der Waals surface area (Å²) in [6.45, 7) is 4.29. The van der Waals surface area contributed by atoms with Crippen LogP contribution in [-0.4, -0.2) is 61.5 Å². The van der Waals surface area contributed by atoms with Gasteiger partial charge in [0.05, 0.1) is 12.1 Å². The summed E-state index contributed by atoms with van der Waals surface area (Å²) in [6.07, 6.45) is 0.785. The molecule has 2 rings (SSSR count). The second-order valence-electron chi connectivity index (χ2n) is 5.25. The molecule has 0 aliphatic carbocycles. The average molecular weight is 305 g/mol. The monoisotopic (exact) mass is 305 g/mol. The molecule has 1 aromatic carbocycles. The molecule has 0 spiro atoms. The van der Waals surface area contributed by atoms with Crippen LogP contribution >= 0.6 is 0 Å². The Kier molecular flexibility index (Phi) is 5.91. The lowest BCUT2D eigenvalue weighted by molar-refractivity contribution is 0.0670. The van der Waals surface area contributed by atoms with Crippen molar-refractivity contribution in [2.75, 3.05) is 40.5 Å². The van der Waals surface area contributed by atoms with Crippen LogP contribution in [0, 0.1) is 6.92 Å². The molecule has 120 valence electrons. The number of nitrogens with one attached hydrogen (secondary N) is 1. The van der Waals surface area contributed by atoms with E-state index in [1.54, 1.807) is 19.1 Å². The number of carbonyl (C=O) groups excluding carboxylic acids is 1. The lowest BCUT2D eigenvalue weighted by Gasteiger charge is -2.21. The molecule has 1 amide bonds. The van der Waals surface area contributed by atoms with E-state index >= 15 is 0 Å². The average Bonchev–Trinajstić information content (AvgIpc) is 2.93. The quantitative estimate of drug-likeness (QED) is 0.757. The van der Waals surface area contributed by atoms with Crippen molar-refractivity contribution >= 4 is 16.8 Å². The van der Waals surface area contributed by atoms with Gasteiger partial charge in [-0.2, -0.15) is 5.10 Å². The zero-order valence-electron chi connectivity index (χ0n) is 13.4. The number of hydrogen-bond acceptors (Lipinski definition) is 4. The number of carbonyl (C=O) groups is 1. The van der Waals surface area contributed by atoms with Gasteiger partial charge < -0.3 is 14.4 Å². The zero-order valence-corrected chi connectivity index (χ0v) is 13.4. The lowest BCUT2D eigenvalue weighted by Crippen LogP contribution is -2.35. The maximum absolute atomic E-state index is 12.8. The molecule has 1 N–H and O–H groups in total. The Bertz CT molecular complexity index is 624. The summed E-state index contributed by atoms with van der Waals surface area (Å²) in [5, 5.41) is 7.99. The number of aryl methyl sites for hydroxylation is 1. The highest BCUT2D eigenvalue weighted by molar-refractivity contribution is 6.04. The first-order valence-electron chi connectivity index (χ1n) is 7.39. The summed E-state index contributed by atoms with van der Waals surface area (Å²) in [5.41, 5.74) is 2.44. The van der Waals surface area contributed by atoms with Gasteiger partial charge >= 0.3 is 0 Å². The van der Waals surface area contributed by atoms with Crippen LogP contribution in [0.3, 0.4) is 0 Å². The minimum Gasteiger partial charge on any atom is -0.385 e. The Balaban J connectivity index is 2.21. The number of ether oxygens (including phenoxy) is 2. The number of aromatic amines is 1. The number of amides is 1. The molecule has 2 aromatic rings. The predicted octanol–water partition coefficient (Wildman–Crippen LogP) is 2.00. The first-order valence-corrected chi connectivity index (χ1v) is 7.39. The first kappa shape index (κ1) is 16.5. The third-order valence-corrected chi connectivity index (χ3v) is 3.55. The van der Waals surface area contributed by atoms with E-state index < -0.39 is 0 Å². The van der Waals surface area contributed by atoms with Crippen LogP contribution < -0.4 is 0 Å². The lowest BCUT2D eigenvalue weighted by atomic mass is 10.1. The van der Waals surface area contributed by atoms with Crippen LogP contribution in [0.1, 0.15) is 22.5 Å². The van der Waals surface area contributed by atoms with Crippen molar-refractivity contribution in [3.8, 4) is 0 Å². The Morgan fingerprint density at radius 3 is 2.73 bits per heavy atom. The summed E-state index contributed by atoms with van der Waals surface area (Å²) in [4.78, 5) is 14.5. The second kappa shape index (κ2) is 7.91. The Morgan fingerprint density at radius 1 is 1.23 bits per heavy atom. The van der Waals surface area contributed by atoms with Gasteiger partial charge in [0.1, 0.15) is 0 Å². The molecule has 0 bridgehead atoms. The first-order chi connectivity index (χ1) is 10.7. The van der Waals surface area contributed by atoms with Gasteiger partial charge in [0.2, 0.25) is 0 Å². The van der Waals surface area contributed by atoms with Gasteiger partial charge in [0.25, 0.3) is 5.91 Å². The van der Waals surface area contributed by atoms with Crippen LogP contribution in [0.15, 0.2) is 18.2 Å². The minimum absolute atomic E-state index is 0.0787. The zero-order chi connectivity index (χ0) is 15.9. The molecule has 0 saturated carbocycles. The molecular formula is C16H23N3O3. The molecule has 6 nitrogen and oxygen atoms in total. The molecule has 1 aromatic heterocycles. The van der Waals surface area contributed by atoms with Crippen molar-refractivity contribution in [3.63, 3.8) is 0 Å². The summed E-state index contributed by atoms with van der Waals surface area (Å²) in [7, 11) is 3.29. The fraction of sp³-hybridized carbons (Fsp3) is 0.500. The van der Waals surface area contributed by atoms with Crippen molar-refractivity contribution in [1.29, 1.82) is 0 Å². The van der Waals surface area contributed by atoms with Gasteiger partial charge in [-0.3, -0.25) is 9.89 Å². The van der Waals surface area contributed by atoms with Gasteiger partial charge in [-0.1, -0.05) is 11.6 Å². The van der Waals surface area contributed by atoms with E-state index in [0.717, 1.165) is 22.9 Å². The molecular weight excluding hydrogens is 282 g/mol. The number of hydrogen-bond donors (Lipinski definition) is 1. The number of methoxy groups -OCH3 is 2. The molecule has 0 radical (unpaired) electrons. The van der Waals surface area contributed by atoms with Crippen LogP contribution in [0.25, 0.3) is 10.9 Å². The Morgan fingerprint density at radius 2 is 2.00 bits per heavy atom. The Hall–Kier alpha value is -1.92. The summed E-state index contributed by atoms with van der Waals surface area (Å²) < 4.78 is 10.2. The number of fused-ring (bicyclic) bond motifs is 1. The fourth-order valence-corrected chi connectivity index (χ4v) is 2.36. The highest BCUT2D eigenvalue weighted by Gasteiger charge is 2.20. The number of rotatable bonds is 8. The van der Waals surface area contributed by atoms with Gasteiger partial charge in [-0.15, -0.1) is 0 Å². The Labute approximate surface area is 130 Å². The maximum Gasteiger partial charge on any atom is 0.275 e. The van der Waals surface area contributed by atoms with Crippen molar-refractivity contribution in [3.05, 3.63) is 29.5 Å². The highest BCUT2D eigenvalue weighted by Crippen LogP contribution is 2.19. The van der Waals surface area contributed by atoms with Gasteiger partial charge in [0.15, 0.2) is 5.69 Å². The minimum atomic E-state index is -0.0787. The topological polar surface area (TPSA) is 67.5 Å². The molecule has 0 fully saturated rings. The largest absolute Gasteiger partial charge is 0.385 e. The summed E-state index contributed by atoms with van der Waals surface area (Å²) in [6, 6.07) is 5.92. The predicted molar refractivity (Wildman–Crippen MR) is 85.1 cm³/mol. The third-order valence-electron chi connectivity index (χ3n) is 3.55. The highest BCUT2D eigenvalue weighted by atomic mass is 16.5. The summed E-state index contributed by atoms with van der Waals surface area (Å²) >= 11 is 0. The molecule has 0 aliphatic heterocycles. The van der Waals surface area contributed by atoms with E-state index in [1.165, 1.54) is 0 Å². The van der Waals surface area contributed by atoms with E-state index in [0.29, 0.717) is 32.0 Å². The van der Waals surface area contributed by atoms with Crippen LogP contribution in [0.2, 0.25) is 0 Å². The van der Waals surface area contributed by atoms with Crippen molar-refractivity contribution < 1.29 is 14.3 Å². The van der Waals surface area contributed by atoms with Crippen LogP contribution in [0.4, 0.5) is 0 Å². The SMILES string of the molecule is COCCCN(CCOC)C(=O)c1n[nH]c2ccc(C)cc12. The normalized spacial score (nSPS) is 11.0. The third kappa shape index (κ3) is 3.84. The molecule has 0 unspecified atom stereocenters. The number of benzene rings is 1. The summed E-state index contributed by atoms with van der Waals surface area (Å²) in [5.74, 6) is -0.0787. The fourth-order valence-electron chi connectivity index (χ4n) is 2.36. The van der Waals surface area contributed by atoms with Crippen molar-refractivity contribution in [2.45, 2.75) is 13.3 Å². The van der Waals surface area contributed by atoms with Gasteiger partial charge in [0, 0.05) is 39.3 Å². The van der Waals surface area contributed by atoms with Crippen LogP contribution in [0.5, 0.6) is 0 Å². The van der Waals surface area contributed by atoms with E-state index in [2.05, 4.69) is 10.2 Å². The number of nitrogens with zero attached hydrogens (tertiary/aromatic N) is 2. The van der Waals surface area contributed by atoms with Crippen LogP contribution in [-0.2, 0) is 9.47 Å². The molecule has 0 saturated heterocycles. The molecule has 1 heterocycles. The molecule has 0 aliphatic rings. The maximum atomic E-state index is 12.8. The van der Waals surface area contributed by atoms with Crippen molar-refractivity contribution in [1.82, 2.24) is 15.1 Å². The van der Waals surface area contributed by atoms with E-state index in [1.807, 2.05) is 25.1 Å². The molecule has 22 heavy (non-hydrogen) atoms. The standard InChI is InChI=1S/C16H23N3O3/c1-12-5-6-14-13(11-12)15(18-17-14)16(20)19(8-10-22-3)7-4-9-21-2/h5-6,11H,4,7-10H2,1-3H3,(H,17,18). The van der Waals surface area contributed by atoms with Gasteiger partial charge in [-0.05, 0) is 25.5 Å².